The largest absolute Gasteiger partial charge is 0.494 e. The van der Waals surface area contributed by atoms with Crippen LogP contribution in [0.2, 0.25) is 0 Å². The lowest BCUT2D eigenvalue weighted by Crippen LogP contribution is -2.62. The van der Waals surface area contributed by atoms with E-state index in [0.717, 1.165) is 17.4 Å². The Labute approximate surface area is 243 Å². The molecule has 1 amide bonds. The van der Waals surface area contributed by atoms with E-state index in [0.29, 0.717) is 70.6 Å². The molecule has 42 heavy (non-hydrogen) atoms. The molecule has 1 saturated carbocycles. The zero-order valence-electron chi connectivity index (χ0n) is 23.9. The van der Waals surface area contributed by atoms with Gasteiger partial charge in [-0.15, -0.1) is 0 Å². The molecule has 228 valence electrons. The number of carboxylic acid groups (broad SMARTS) is 1. The number of piperidine rings is 1. The molecule has 3 atom stereocenters. The van der Waals surface area contributed by atoms with Crippen molar-refractivity contribution in [1.29, 1.82) is 0 Å². The van der Waals surface area contributed by atoms with Crippen molar-refractivity contribution in [3.8, 4) is 11.5 Å². The topological polar surface area (TPSA) is 76.1 Å². The molecule has 2 aliphatic heterocycles. The summed E-state index contributed by atoms with van der Waals surface area (Å²) < 4.78 is 67.2. The fraction of sp³-hybridized carbons (Fsp3) is 0.562. The fourth-order valence-electron chi connectivity index (χ4n) is 7.05. The Morgan fingerprint density at radius 2 is 1.71 bits per heavy atom. The summed E-state index contributed by atoms with van der Waals surface area (Å²) >= 11 is 0. The van der Waals surface area contributed by atoms with Crippen LogP contribution in [-0.2, 0) is 27.1 Å². The van der Waals surface area contributed by atoms with E-state index in [-0.39, 0.29) is 30.2 Å². The highest BCUT2D eigenvalue weighted by Gasteiger charge is 2.56. The molecular weight excluding hydrogens is 554 g/mol. The second-order valence-corrected chi connectivity index (χ2v) is 12.0. The van der Waals surface area contributed by atoms with Crippen molar-refractivity contribution in [1.82, 2.24) is 4.90 Å². The summed E-state index contributed by atoms with van der Waals surface area (Å²) in [6.07, 6.45) is -1.35. The number of fused-ring (bicyclic) bond motifs is 3. The first-order valence-electron chi connectivity index (χ1n) is 14.7. The van der Waals surface area contributed by atoms with Gasteiger partial charge >= 0.3 is 12.1 Å². The van der Waals surface area contributed by atoms with E-state index in [4.69, 9.17) is 9.47 Å². The van der Waals surface area contributed by atoms with Crippen LogP contribution in [-0.4, -0.2) is 53.9 Å². The Hall–Kier alpha value is -3.30. The van der Waals surface area contributed by atoms with Crippen molar-refractivity contribution in [2.75, 3.05) is 19.8 Å². The van der Waals surface area contributed by atoms with Gasteiger partial charge in [0, 0.05) is 29.0 Å². The van der Waals surface area contributed by atoms with Crippen LogP contribution in [0.5, 0.6) is 11.5 Å². The number of likely N-dealkylation sites (tertiary alicyclic amines) is 1. The van der Waals surface area contributed by atoms with Crippen LogP contribution in [0.1, 0.15) is 69.1 Å². The van der Waals surface area contributed by atoms with E-state index in [1.54, 1.807) is 6.07 Å². The van der Waals surface area contributed by atoms with Gasteiger partial charge in [0.1, 0.15) is 18.1 Å². The molecule has 0 aromatic heterocycles. The Morgan fingerprint density at radius 1 is 1.05 bits per heavy atom. The molecule has 10 heteroatoms. The quantitative estimate of drug-likeness (QED) is 0.368. The van der Waals surface area contributed by atoms with Crippen molar-refractivity contribution in [2.24, 2.45) is 11.8 Å². The summed E-state index contributed by atoms with van der Waals surface area (Å²) in [6, 6.07) is 11.2. The summed E-state index contributed by atoms with van der Waals surface area (Å²) in [7, 11) is 0. The standard InChI is InChI=1S/C32H37F4NO5/c1-3-41-24-12-5-20(6-13-24)18-31-15-4-16-37(28(38)21-7-9-22(10-8-21)29(39)40)27(31)19-42-26-17-23(11-14-25(26)31)30(2,33)32(34,35)36/h5-6,11-14,17,21-22,27H,3-4,7-10,15-16,18-19H2,1-2H3,(H,39,40). The van der Waals surface area contributed by atoms with E-state index in [1.165, 1.54) is 6.07 Å². The maximum Gasteiger partial charge on any atom is 0.426 e. The maximum absolute atomic E-state index is 14.9. The highest BCUT2D eigenvalue weighted by molar-refractivity contribution is 5.80. The predicted octanol–water partition coefficient (Wildman–Crippen LogP) is 6.59. The molecule has 0 radical (unpaired) electrons. The number of halogens is 4. The molecule has 6 nitrogen and oxygen atoms in total. The molecule has 0 bridgehead atoms. The molecule has 0 spiro atoms. The third-order valence-corrected chi connectivity index (χ3v) is 9.49. The Kier molecular flexibility index (Phi) is 8.20. The number of rotatable bonds is 7. The SMILES string of the molecule is CCOc1ccc(CC23CCCN(C(=O)C4CCC(C(=O)O)CC4)C2COc2cc(C(C)(F)C(F)(F)F)ccc23)cc1. The molecule has 2 aromatic carbocycles. The van der Waals surface area contributed by atoms with Gasteiger partial charge in [-0.3, -0.25) is 9.59 Å². The summed E-state index contributed by atoms with van der Waals surface area (Å²) in [5.74, 6) is -0.662. The van der Waals surface area contributed by atoms with Crippen LogP contribution >= 0.6 is 0 Å². The van der Waals surface area contributed by atoms with Gasteiger partial charge < -0.3 is 19.5 Å². The minimum Gasteiger partial charge on any atom is -0.494 e. The van der Waals surface area contributed by atoms with Crippen molar-refractivity contribution < 1.29 is 41.7 Å². The van der Waals surface area contributed by atoms with Gasteiger partial charge in [0.2, 0.25) is 11.6 Å². The predicted molar refractivity (Wildman–Crippen MR) is 147 cm³/mol. The van der Waals surface area contributed by atoms with Crippen molar-refractivity contribution in [3.63, 3.8) is 0 Å². The molecular formula is C32H37F4NO5. The third kappa shape index (κ3) is 5.44. The van der Waals surface area contributed by atoms with Gasteiger partial charge in [-0.25, -0.2) is 4.39 Å². The number of carboxylic acids is 1. The number of amides is 1. The normalized spacial score (nSPS) is 27.2. The lowest BCUT2D eigenvalue weighted by atomic mass is 9.63. The smallest absolute Gasteiger partial charge is 0.426 e. The van der Waals surface area contributed by atoms with Gasteiger partial charge in [0.25, 0.3) is 0 Å². The Morgan fingerprint density at radius 3 is 2.33 bits per heavy atom. The van der Waals surface area contributed by atoms with E-state index in [2.05, 4.69) is 0 Å². The number of carbonyl (C=O) groups excluding carboxylic acids is 1. The van der Waals surface area contributed by atoms with Crippen LogP contribution in [0.15, 0.2) is 42.5 Å². The fourth-order valence-corrected chi connectivity index (χ4v) is 7.05. The van der Waals surface area contributed by atoms with Gasteiger partial charge in [0.05, 0.1) is 18.6 Å². The van der Waals surface area contributed by atoms with E-state index >= 15 is 0 Å². The van der Waals surface area contributed by atoms with Crippen LogP contribution in [0.4, 0.5) is 17.6 Å². The minimum atomic E-state index is -5.09. The number of nitrogens with zero attached hydrogens (tertiary/aromatic N) is 1. The number of aliphatic carboxylic acids is 1. The Balaban J connectivity index is 1.51. The zero-order valence-corrected chi connectivity index (χ0v) is 23.9. The average Bonchev–Trinajstić information content (AvgIpc) is 2.96. The van der Waals surface area contributed by atoms with Gasteiger partial charge in [-0.1, -0.05) is 24.3 Å². The first-order valence-corrected chi connectivity index (χ1v) is 14.7. The van der Waals surface area contributed by atoms with E-state index < -0.39 is 34.7 Å². The van der Waals surface area contributed by atoms with Crippen LogP contribution in [0.3, 0.4) is 0 Å². The van der Waals surface area contributed by atoms with Crippen molar-refractivity contribution in [3.05, 3.63) is 59.2 Å². The van der Waals surface area contributed by atoms with Gasteiger partial charge in [-0.05, 0) is 82.6 Å². The summed E-state index contributed by atoms with van der Waals surface area (Å²) in [5, 5.41) is 9.39. The summed E-state index contributed by atoms with van der Waals surface area (Å²) in [5.41, 5.74) is -3.10. The average molecular weight is 592 g/mol. The lowest BCUT2D eigenvalue weighted by Gasteiger charge is -2.54. The van der Waals surface area contributed by atoms with E-state index in [1.807, 2.05) is 36.1 Å². The first kappa shape index (κ1) is 30.2. The molecule has 3 aliphatic rings. The minimum absolute atomic E-state index is 0.0308. The molecule has 2 fully saturated rings. The first-order chi connectivity index (χ1) is 19.9. The number of alkyl halides is 4. The number of hydrogen-bond donors (Lipinski definition) is 1. The Bertz CT molecular complexity index is 1300. The molecule has 2 aromatic rings. The van der Waals surface area contributed by atoms with Crippen LogP contribution in [0.25, 0.3) is 0 Å². The van der Waals surface area contributed by atoms with Crippen LogP contribution in [0, 0.1) is 11.8 Å². The second kappa shape index (κ2) is 11.4. The van der Waals surface area contributed by atoms with Crippen LogP contribution < -0.4 is 9.47 Å². The molecule has 1 aliphatic carbocycles. The van der Waals surface area contributed by atoms with Gasteiger partial charge in [-0.2, -0.15) is 13.2 Å². The van der Waals surface area contributed by atoms with E-state index in [9.17, 15) is 32.3 Å². The molecule has 1 N–H and O–H groups in total. The highest BCUT2D eigenvalue weighted by atomic mass is 19.4. The number of benzene rings is 2. The summed E-state index contributed by atoms with van der Waals surface area (Å²) in [4.78, 5) is 27.2. The molecule has 2 heterocycles. The highest BCUT2D eigenvalue weighted by Crippen LogP contribution is 2.51. The zero-order chi connectivity index (χ0) is 30.3. The third-order valence-electron chi connectivity index (χ3n) is 9.49. The number of ether oxygens (including phenoxy) is 2. The maximum atomic E-state index is 14.9. The molecule has 3 unspecified atom stereocenters. The molecule has 5 rings (SSSR count). The number of hydrogen-bond acceptors (Lipinski definition) is 4. The second-order valence-electron chi connectivity index (χ2n) is 12.0. The lowest BCUT2D eigenvalue weighted by molar-refractivity contribution is -0.228. The monoisotopic (exact) mass is 591 g/mol. The number of carbonyl (C=O) groups is 2. The van der Waals surface area contributed by atoms with Gasteiger partial charge in [0.15, 0.2) is 0 Å². The summed E-state index contributed by atoms with van der Waals surface area (Å²) in [6.45, 7) is 3.51. The van der Waals surface area contributed by atoms with Crippen molar-refractivity contribution >= 4 is 11.9 Å². The molecule has 1 saturated heterocycles. The van der Waals surface area contributed by atoms with Crippen molar-refractivity contribution in [2.45, 2.75) is 82.1 Å².